The normalized spacial score (nSPS) is 15.7. The Morgan fingerprint density at radius 1 is 1.18 bits per heavy atom. The standard InChI is InChI=1S/C12H14BrCl3O/c1-8-3-4-10(5-9(8)2)11(17,7-13)6-12(14,15)16/h3-5,17H,6-7H2,1-2H3. The Bertz CT molecular complexity index is 403. The zero-order valence-corrected chi connectivity index (χ0v) is 13.5. The lowest BCUT2D eigenvalue weighted by Crippen LogP contribution is -2.32. The predicted molar refractivity (Wildman–Crippen MR) is 78.5 cm³/mol. The monoisotopic (exact) mass is 358 g/mol. The van der Waals surface area contributed by atoms with Crippen molar-refractivity contribution < 1.29 is 5.11 Å². The number of hydrogen-bond donors (Lipinski definition) is 1. The van der Waals surface area contributed by atoms with Crippen molar-refractivity contribution in [3.63, 3.8) is 0 Å². The van der Waals surface area contributed by atoms with Crippen LogP contribution in [0.15, 0.2) is 18.2 Å². The molecule has 1 aromatic rings. The fourth-order valence-corrected chi connectivity index (χ4v) is 2.77. The van der Waals surface area contributed by atoms with Gasteiger partial charge in [-0.3, -0.25) is 0 Å². The zero-order chi connectivity index (χ0) is 13.3. The quantitative estimate of drug-likeness (QED) is 0.778. The third-order valence-electron chi connectivity index (χ3n) is 2.76. The topological polar surface area (TPSA) is 20.2 Å². The Morgan fingerprint density at radius 3 is 2.18 bits per heavy atom. The molecule has 17 heavy (non-hydrogen) atoms. The first-order chi connectivity index (χ1) is 7.68. The second-order valence-electron chi connectivity index (χ2n) is 4.26. The van der Waals surface area contributed by atoms with Crippen molar-refractivity contribution in [1.29, 1.82) is 0 Å². The van der Waals surface area contributed by atoms with Crippen LogP contribution < -0.4 is 0 Å². The highest BCUT2D eigenvalue weighted by atomic mass is 79.9. The maximum absolute atomic E-state index is 10.5. The van der Waals surface area contributed by atoms with Gasteiger partial charge >= 0.3 is 0 Å². The van der Waals surface area contributed by atoms with Crippen molar-refractivity contribution in [1.82, 2.24) is 0 Å². The van der Waals surface area contributed by atoms with Gasteiger partial charge in [-0.15, -0.1) is 0 Å². The molecular formula is C12H14BrCl3O. The minimum absolute atomic E-state index is 0.0401. The summed E-state index contributed by atoms with van der Waals surface area (Å²) in [6, 6.07) is 5.74. The molecule has 1 rings (SSSR count). The minimum Gasteiger partial charge on any atom is -0.384 e. The SMILES string of the molecule is Cc1ccc(C(O)(CBr)CC(Cl)(Cl)Cl)cc1C. The molecule has 0 aliphatic carbocycles. The van der Waals surface area contributed by atoms with E-state index in [0.717, 1.165) is 11.1 Å². The largest absolute Gasteiger partial charge is 0.384 e. The summed E-state index contributed by atoms with van der Waals surface area (Å²) in [5.41, 5.74) is 1.85. The van der Waals surface area contributed by atoms with Crippen LogP contribution >= 0.6 is 50.7 Å². The van der Waals surface area contributed by atoms with Gasteiger partial charge in [0.15, 0.2) is 3.79 Å². The molecule has 96 valence electrons. The number of alkyl halides is 4. The number of benzene rings is 1. The van der Waals surface area contributed by atoms with Gasteiger partial charge in [-0.25, -0.2) is 0 Å². The molecule has 5 heteroatoms. The van der Waals surface area contributed by atoms with Gasteiger partial charge in [-0.05, 0) is 30.5 Å². The van der Waals surface area contributed by atoms with Crippen LogP contribution in [0.4, 0.5) is 0 Å². The summed E-state index contributed by atoms with van der Waals surface area (Å²) in [5.74, 6) is 0. The van der Waals surface area contributed by atoms with Crippen molar-refractivity contribution in [2.75, 3.05) is 5.33 Å². The number of hydrogen-bond acceptors (Lipinski definition) is 1. The summed E-state index contributed by atoms with van der Waals surface area (Å²) in [6.07, 6.45) is 0.0401. The molecule has 0 saturated carbocycles. The molecule has 0 fully saturated rings. The minimum atomic E-state index is -1.48. The van der Waals surface area contributed by atoms with E-state index in [4.69, 9.17) is 34.8 Å². The van der Waals surface area contributed by atoms with Crippen LogP contribution in [-0.4, -0.2) is 14.2 Å². The second-order valence-corrected chi connectivity index (χ2v) is 7.33. The molecule has 1 N–H and O–H groups in total. The third kappa shape index (κ3) is 4.29. The molecule has 0 aromatic heterocycles. The third-order valence-corrected chi connectivity index (χ3v) is 4.09. The van der Waals surface area contributed by atoms with E-state index >= 15 is 0 Å². The lowest BCUT2D eigenvalue weighted by Gasteiger charge is -2.30. The highest BCUT2D eigenvalue weighted by molar-refractivity contribution is 9.09. The van der Waals surface area contributed by atoms with Crippen LogP contribution in [0.5, 0.6) is 0 Å². The maximum Gasteiger partial charge on any atom is 0.193 e. The van der Waals surface area contributed by atoms with E-state index in [1.165, 1.54) is 5.56 Å². The molecule has 0 radical (unpaired) electrons. The van der Waals surface area contributed by atoms with E-state index in [0.29, 0.717) is 5.33 Å². The lowest BCUT2D eigenvalue weighted by molar-refractivity contribution is 0.0556. The first-order valence-electron chi connectivity index (χ1n) is 5.11. The molecule has 0 amide bonds. The molecule has 0 aliphatic rings. The first kappa shape index (κ1) is 15.6. The summed E-state index contributed by atoms with van der Waals surface area (Å²) >= 11 is 20.6. The summed E-state index contributed by atoms with van der Waals surface area (Å²) in [5, 5.41) is 10.9. The second kappa shape index (κ2) is 5.66. The molecule has 0 saturated heterocycles. The van der Waals surface area contributed by atoms with Crippen LogP contribution in [0.25, 0.3) is 0 Å². The Balaban J connectivity index is 3.11. The van der Waals surface area contributed by atoms with Crippen molar-refractivity contribution in [2.45, 2.75) is 29.7 Å². The van der Waals surface area contributed by atoms with Crippen molar-refractivity contribution in [3.05, 3.63) is 34.9 Å². The molecule has 1 aromatic carbocycles. The van der Waals surface area contributed by atoms with E-state index in [1.54, 1.807) is 0 Å². The van der Waals surface area contributed by atoms with Gasteiger partial charge in [0.2, 0.25) is 0 Å². The average Bonchev–Trinajstić information content (AvgIpc) is 2.19. The fourth-order valence-electron chi connectivity index (χ4n) is 1.59. The van der Waals surface area contributed by atoms with E-state index in [9.17, 15) is 5.11 Å². The van der Waals surface area contributed by atoms with E-state index in [2.05, 4.69) is 15.9 Å². The smallest absolute Gasteiger partial charge is 0.193 e. The van der Waals surface area contributed by atoms with Crippen molar-refractivity contribution >= 4 is 50.7 Å². The molecular weight excluding hydrogens is 346 g/mol. The number of halogens is 4. The fraction of sp³-hybridized carbons (Fsp3) is 0.500. The number of rotatable bonds is 3. The van der Waals surface area contributed by atoms with Gasteiger partial charge in [-0.2, -0.15) is 0 Å². The summed E-state index contributed by atoms with van der Waals surface area (Å²) < 4.78 is -1.48. The summed E-state index contributed by atoms with van der Waals surface area (Å²) in [4.78, 5) is 0. The van der Waals surface area contributed by atoms with E-state index < -0.39 is 9.39 Å². The van der Waals surface area contributed by atoms with Gasteiger partial charge < -0.3 is 5.11 Å². The zero-order valence-electron chi connectivity index (χ0n) is 9.61. The molecule has 1 atom stereocenters. The van der Waals surface area contributed by atoms with Crippen LogP contribution in [0.3, 0.4) is 0 Å². The molecule has 1 nitrogen and oxygen atoms in total. The molecule has 0 heterocycles. The van der Waals surface area contributed by atoms with Gasteiger partial charge in [-0.1, -0.05) is 68.9 Å². The maximum atomic E-state index is 10.5. The Hall–Kier alpha value is 0.530. The Morgan fingerprint density at radius 2 is 1.76 bits per heavy atom. The molecule has 0 spiro atoms. The summed E-state index contributed by atoms with van der Waals surface area (Å²) in [6.45, 7) is 4.00. The molecule has 1 unspecified atom stereocenters. The highest BCUT2D eigenvalue weighted by Crippen LogP contribution is 2.41. The van der Waals surface area contributed by atoms with Crippen molar-refractivity contribution in [3.8, 4) is 0 Å². The van der Waals surface area contributed by atoms with Gasteiger partial charge in [0, 0.05) is 11.8 Å². The van der Waals surface area contributed by atoms with Crippen molar-refractivity contribution in [2.24, 2.45) is 0 Å². The van der Waals surface area contributed by atoms with Crippen LogP contribution in [-0.2, 0) is 5.60 Å². The average molecular weight is 361 g/mol. The predicted octanol–water partition coefficient (Wildman–Crippen LogP) is 4.65. The Kier molecular flexibility index (Phi) is 5.19. The summed E-state index contributed by atoms with van der Waals surface area (Å²) in [7, 11) is 0. The lowest BCUT2D eigenvalue weighted by atomic mass is 9.91. The van der Waals surface area contributed by atoms with Gasteiger partial charge in [0.05, 0.1) is 0 Å². The van der Waals surface area contributed by atoms with Gasteiger partial charge in [0.1, 0.15) is 5.60 Å². The van der Waals surface area contributed by atoms with Crippen LogP contribution in [0.1, 0.15) is 23.1 Å². The van der Waals surface area contributed by atoms with E-state index in [-0.39, 0.29) is 6.42 Å². The highest BCUT2D eigenvalue weighted by Gasteiger charge is 2.37. The first-order valence-corrected chi connectivity index (χ1v) is 7.36. The van der Waals surface area contributed by atoms with Crippen LogP contribution in [0, 0.1) is 13.8 Å². The molecule has 0 aliphatic heterocycles. The Labute approximate surface area is 125 Å². The van der Waals surface area contributed by atoms with Gasteiger partial charge in [0.25, 0.3) is 0 Å². The number of aryl methyl sites for hydroxylation is 2. The molecule has 0 bridgehead atoms. The van der Waals surface area contributed by atoms with E-state index in [1.807, 2.05) is 32.0 Å². The van der Waals surface area contributed by atoms with Crippen LogP contribution in [0.2, 0.25) is 0 Å². The number of aliphatic hydroxyl groups is 1.